The van der Waals surface area contributed by atoms with Gasteiger partial charge in [-0.2, -0.15) is 0 Å². The maximum atomic E-state index is 12.8. The fraction of sp³-hybridized carbons (Fsp3) is 0.450. The van der Waals surface area contributed by atoms with Crippen molar-refractivity contribution in [3.63, 3.8) is 0 Å². The quantitative estimate of drug-likeness (QED) is 0.695. The maximum absolute atomic E-state index is 12.8. The third kappa shape index (κ3) is 5.10. The Bertz CT molecular complexity index is 761. The number of nitrogens with one attached hydrogen (secondary N) is 1. The first-order valence-electron chi connectivity index (χ1n) is 9.44. The second-order valence-corrected chi connectivity index (χ2v) is 6.54. The molecule has 2 aromatic rings. The zero-order valence-corrected chi connectivity index (χ0v) is 16.4. The minimum absolute atomic E-state index is 0.0586. The molecule has 8 nitrogen and oxygen atoms in total. The number of piperazine rings is 1. The van der Waals surface area contributed by atoms with Crippen LogP contribution in [0.25, 0.3) is 0 Å². The van der Waals surface area contributed by atoms with Crippen molar-refractivity contribution in [1.82, 2.24) is 14.9 Å². The summed E-state index contributed by atoms with van der Waals surface area (Å²) in [5.41, 5.74) is 1.56. The number of amides is 1. The van der Waals surface area contributed by atoms with Crippen LogP contribution in [0.1, 0.15) is 16.9 Å². The van der Waals surface area contributed by atoms with Gasteiger partial charge in [0.1, 0.15) is 23.6 Å². The summed E-state index contributed by atoms with van der Waals surface area (Å²) in [6, 6.07) is 9.71. The predicted octanol–water partition coefficient (Wildman–Crippen LogP) is 1.90. The number of methoxy groups -OCH3 is 2. The van der Waals surface area contributed by atoms with E-state index in [1.54, 1.807) is 20.3 Å². The van der Waals surface area contributed by atoms with Crippen LogP contribution in [0.3, 0.4) is 0 Å². The van der Waals surface area contributed by atoms with Crippen LogP contribution in [0.4, 0.5) is 11.5 Å². The average molecular weight is 385 g/mol. The topological polar surface area (TPSA) is 79.8 Å². The SMILES string of the molecule is COCCCNc1cc(C(=O)N2CCN(c3ccc(OC)cc3)CC2)ncn1. The molecule has 150 valence electrons. The smallest absolute Gasteiger partial charge is 0.272 e. The van der Waals surface area contributed by atoms with Gasteiger partial charge < -0.3 is 24.6 Å². The van der Waals surface area contributed by atoms with Crippen molar-refractivity contribution in [2.24, 2.45) is 0 Å². The van der Waals surface area contributed by atoms with Gasteiger partial charge in [-0.15, -0.1) is 0 Å². The van der Waals surface area contributed by atoms with Crippen molar-refractivity contribution >= 4 is 17.4 Å². The maximum Gasteiger partial charge on any atom is 0.272 e. The molecule has 2 heterocycles. The zero-order chi connectivity index (χ0) is 19.8. The highest BCUT2D eigenvalue weighted by Crippen LogP contribution is 2.21. The summed E-state index contributed by atoms with van der Waals surface area (Å²) in [4.78, 5) is 25.3. The van der Waals surface area contributed by atoms with Crippen molar-refractivity contribution in [2.75, 3.05) is 63.8 Å². The van der Waals surface area contributed by atoms with Crippen LogP contribution in [0.5, 0.6) is 5.75 Å². The summed E-state index contributed by atoms with van der Waals surface area (Å²) in [5.74, 6) is 1.44. The highest BCUT2D eigenvalue weighted by Gasteiger charge is 2.23. The lowest BCUT2D eigenvalue weighted by atomic mass is 10.2. The van der Waals surface area contributed by atoms with Gasteiger partial charge >= 0.3 is 0 Å². The molecule has 1 aromatic heterocycles. The summed E-state index contributed by atoms with van der Waals surface area (Å²) < 4.78 is 10.2. The normalized spacial score (nSPS) is 14.1. The number of ether oxygens (including phenoxy) is 2. The Balaban J connectivity index is 1.54. The van der Waals surface area contributed by atoms with E-state index in [1.807, 2.05) is 29.2 Å². The van der Waals surface area contributed by atoms with Crippen LogP contribution in [0.15, 0.2) is 36.7 Å². The van der Waals surface area contributed by atoms with Crippen molar-refractivity contribution < 1.29 is 14.3 Å². The molecule has 0 bridgehead atoms. The van der Waals surface area contributed by atoms with Crippen LogP contribution in [-0.2, 0) is 4.74 Å². The van der Waals surface area contributed by atoms with E-state index in [-0.39, 0.29) is 5.91 Å². The number of carbonyl (C=O) groups is 1. The molecule has 0 saturated carbocycles. The first-order chi connectivity index (χ1) is 13.7. The Morgan fingerprint density at radius 3 is 2.54 bits per heavy atom. The van der Waals surface area contributed by atoms with Crippen LogP contribution in [0, 0.1) is 0 Å². The molecule has 0 aliphatic carbocycles. The van der Waals surface area contributed by atoms with E-state index in [9.17, 15) is 4.79 Å². The lowest BCUT2D eigenvalue weighted by Crippen LogP contribution is -2.49. The summed E-state index contributed by atoms with van der Waals surface area (Å²) in [6.07, 6.45) is 2.30. The first-order valence-corrected chi connectivity index (χ1v) is 9.44. The fourth-order valence-electron chi connectivity index (χ4n) is 3.13. The Hall–Kier alpha value is -2.87. The molecule has 1 aromatic carbocycles. The van der Waals surface area contributed by atoms with Gasteiger partial charge in [0, 0.05) is 58.2 Å². The van der Waals surface area contributed by atoms with Gasteiger partial charge in [-0.25, -0.2) is 9.97 Å². The van der Waals surface area contributed by atoms with Crippen LogP contribution >= 0.6 is 0 Å². The van der Waals surface area contributed by atoms with Crippen molar-refractivity contribution in [3.05, 3.63) is 42.4 Å². The standard InChI is InChI=1S/C20H27N5O3/c1-27-13-3-8-21-19-14-18(22-15-23-19)20(26)25-11-9-24(10-12-25)16-4-6-17(28-2)7-5-16/h4-7,14-15H,3,8-13H2,1-2H3,(H,21,22,23). The summed E-state index contributed by atoms with van der Waals surface area (Å²) >= 11 is 0. The molecule has 1 saturated heterocycles. The molecule has 28 heavy (non-hydrogen) atoms. The largest absolute Gasteiger partial charge is 0.497 e. The van der Waals surface area contributed by atoms with E-state index in [0.717, 1.165) is 37.5 Å². The average Bonchev–Trinajstić information content (AvgIpc) is 2.77. The van der Waals surface area contributed by atoms with Crippen LogP contribution in [-0.4, -0.2) is 74.3 Å². The van der Waals surface area contributed by atoms with Gasteiger partial charge in [0.25, 0.3) is 5.91 Å². The van der Waals surface area contributed by atoms with Gasteiger partial charge in [-0.3, -0.25) is 4.79 Å². The number of hydrogen-bond donors (Lipinski definition) is 1. The highest BCUT2D eigenvalue weighted by atomic mass is 16.5. The molecule has 1 amide bonds. The van der Waals surface area contributed by atoms with Gasteiger partial charge in [-0.1, -0.05) is 0 Å². The lowest BCUT2D eigenvalue weighted by molar-refractivity contribution is 0.0740. The van der Waals surface area contributed by atoms with E-state index in [2.05, 4.69) is 20.2 Å². The zero-order valence-electron chi connectivity index (χ0n) is 16.4. The molecular formula is C20H27N5O3. The molecule has 1 N–H and O–H groups in total. The Kier molecular flexibility index (Phi) is 7.02. The third-order valence-electron chi connectivity index (χ3n) is 4.72. The molecule has 0 radical (unpaired) electrons. The molecule has 3 rings (SSSR count). The molecule has 1 fully saturated rings. The van der Waals surface area contributed by atoms with Crippen LogP contribution < -0.4 is 15.0 Å². The van der Waals surface area contributed by atoms with E-state index in [1.165, 1.54) is 6.33 Å². The van der Waals surface area contributed by atoms with Crippen LogP contribution in [0.2, 0.25) is 0 Å². The minimum atomic E-state index is -0.0586. The molecule has 8 heteroatoms. The van der Waals surface area contributed by atoms with Crippen molar-refractivity contribution in [3.8, 4) is 5.75 Å². The van der Waals surface area contributed by atoms with E-state index in [4.69, 9.17) is 9.47 Å². The van der Waals surface area contributed by atoms with Gasteiger partial charge in [0.15, 0.2) is 0 Å². The molecule has 0 unspecified atom stereocenters. The number of carbonyl (C=O) groups excluding carboxylic acids is 1. The summed E-state index contributed by atoms with van der Waals surface area (Å²) in [6.45, 7) is 4.30. The third-order valence-corrected chi connectivity index (χ3v) is 4.72. The Labute approximate surface area is 165 Å². The second-order valence-electron chi connectivity index (χ2n) is 6.54. The predicted molar refractivity (Wildman–Crippen MR) is 108 cm³/mol. The van der Waals surface area contributed by atoms with Gasteiger partial charge in [-0.05, 0) is 30.7 Å². The number of nitrogens with zero attached hydrogens (tertiary/aromatic N) is 4. The monoisotopic (exact) mass is 385 g/mol. The van der Waals surface area contributed by atoms with Gasteiger partial charge in [0.2, 0.25) is 0 Å². The molecule has 0 spiro atoms. The number of benzene rings is 1. The number of hydrogen-bond acceptors (Lipinski definition) is 7. The summed E-state index contributed by atoms with van der Waals surface area (Å²) in [5, 5.41) is 3.20. The number of aromatic nitrogens is 2. The molecule has 0 atom stereocenters. The lowest BCUT2D eigenvalue weighted by Gasteiger charge is -2.36. The number of rotatable bonds is 8. The minimum Gasteiger partial charge on any atom is -0.497 e. The van der Waals surface area contributed by atoms with Crippen molar-refractivity contribution in [1.29, 1.82) is 0 Å². The molecule has 1 aliphatic heterocycles. The first kappa shape index (κ1) is 19.9. The van der Waals surface area contributed by atoms with E-state index >= 15 is 0 Å². The number of anilines is 2. The Morgan fingerprint density at radius 1 is 1.11 bits per heavy atom. The summed E-state index contributed by atoms with van der Waals surface area (Å²) in [7, 11) is 3.34. The second kappa shape index (κ2) is 9.89. The van der Waals surface area contributed by atoms with E-state index in [0.29, 0.717) is 31.2 Å². The van der Waals surface area contributed by atoms with E-state index < -0.39 is 0 Å². The highest BCUT2D eigenvalue weighted by molar-refractivity contribution is 5.93. The van der Waals surface area contributed by atoms with Gasteiger partial charge in [0.05, 0.1) is 7.11 Å². The van der Waals surface area contributed by atoms with Crippen molar-refractivity contribution in [2.45, 2.75) is 6.42 Å². The Morgan fingerprint density at radius 2 is 1.86 bits per heavy atom. The molecular weight excluding hydrogens is 358 g/mol. The molecule has 1 aliphatic rings. The fourth-order valence-corrected chi connectivity index (χ4v) is 3.13.